The molecule has 1 amide bonds. The number of nitrogens with zero attached hydrogens (tertiary/aromatic N) is 3. The number of aryl methyl sites for hydroxylation is 1. The fourth-order valence-electron chi connectivity index (χ4n) is 3.38. The number of carbonyl (C=O) groups is 1. The monoisotopic (exact) mass is 446 g/mol. The molecular weight excluding hydrogens is 423 g/mol. The molecule has 7 heteroatoms. The lowest BCUT2D eigenvalue weighted by molar-refractivity contribution is -0.113. The van der Waals surface area contributed by atoms with E-state index in [1.54, 1.807) is 12.1 Å². The first-order valence-electron chi connectivity index (χ1n) is 10.4. The number of benzene rings is 3. The Morgan fingerprint density at radius 3 is 2.44 bits per heavy atom. The maximum Gasteiger partial charge on any atom is 0.234 e. The van der Waals surface area contributed by atoms with Crippen molar-refractivity contribution >= 4 is 23.4 Å². The van der Waals surface area contributed by atoms with Crippen molar-refractivity contribution in [3.8, 4) is 11.4 Å². The van der Waals surface area contributed by atoms with Crippen molar-refractivity contribution in [2.75, 3.05) is 11.1 Å². The van der Waals surface area contributed by atoms with Crippen LogP contribution >= 0.6 is 11.8 Å². The van der Waals surface area contributed by atoms with Crippen molar-refractivity contribution in [3.05, 3.63) is 95.8 Å². The van der Waals surface area contributed by atoms with Gasteiger partial charge in [-0.3, -0.25) is 9.36 Å². The summed E-state index contributed by atoms with van der Waals surface area (Å²) >= 11 is 1.33. The molecular formula is C25H23FN4OS. The van der Waals surface area contributed by atoms with E-state index in [4.69, 9.17) is 0 Å². The highest BCUT2D eigenvalue weighted by molar-refractivity contribution is 7.99. The van der Waals surface area contributed by atoms with Gasteiger partial charge < -0.3 is 5.32 Å². The van der Waals surface area contributed by atoms with Crippen LogP contribution < -0.4 is 5.32 Å². The standard InChI is InChI=1S/C25H23FN4OS/c1-2-19-10-6-7-11-22(19)27-23(31)17-32-25-29-28-24(20-12-14-21(26)15-13-20)30(25)16-18-8-4-3-5-9-18/h3-15H,2,16-17H2,1H3,(H,27,31). The largest absolute Gasteiger partial charge is 0.325 e. The van der Waals surface area contributed by atoms with Gasteiger partial charge in [0.05, 0.1) is 12.3 Å². The highest BCUT2D eigenvalue weighted by Gasteiger charge is 2.17. The average Bonchev–Trinajstić information content (AvgIpc) is 3.21. The number of para-hydroxylation sites is 1. The summed E-state index contributed by atoms with van der Waals surface area (Å²) in [6.07, 6.45) is 0.843. The normalized spacial score (nSPS) is 10.8. The van der Waals surface area contributed by atoms with Gasteiger partial charge in [-0.15, -0.1) is 10.2 Å². The van der Waals surface area contributed by atoms with Crippen LogP contribution in [-0.4, -0.2) is 26.4 Å². The predicted octanol–water partition coefficient (Wildman–Crippen LogP) is 5.43. The van der Waals surface area contributed by atoms with Crippen molar-refractivity contribution in [1.29, 1.82) is 0 Å². The van der Waals surface area contributed by atoms with Crippen LogP contribution in [0, 0.1) is 5.82 Å². The van der Waals surface area contributed by atoms with Crippen molar-refractivity contribution < 1.29 is 9.18 Å². The second kappa shape index (κ2) is 10.2. The quantitative estimate of drug-likeness (QED) is 0.367. The molecule has 5 nitrogen and oxygen atoms in total. The molecule has 0 radical (unpaired) electrons. The Hall–Kier alpha value is -3.45. The number of aromatic nitrogens is 3. The maximum atomic E-state index is 13.4. The van der Waals surface area contributed by atoms with Gasteiger partial charge in [0.2, 0.25) is 5.91 Å². The van der Waals surface area contributed by atoms with Crippen LogP contribution in [0.1, 0.15) is 18.1 Å². The van der Waals surface area contributed by atoms with Gasteiger partial charge in [-0.25, -0.2) is 4.39 Å². The minimum atomic E-state index is -0.304. The van der Waals surface area contributed by atoms with E-state index in [-0.39, 0.29) is 17.5 Å². The van der Waals surface area contributed by atoms with Gasteiger partial charge in [-0.1, -0.05) is 67.2 Å². The molecule has 4 aromatic rings. The zero-order valence-electron chi connectivity index (χ0n) is 17.7. The van der Waals surface area contributed by atoms with Crippen LogP contribution in [0.4, 0.5) is 10.1 Å². The van der Waals surface area contributed by atoms with Crippen LogP contribution in [-0.2, 0) is 17.8 Å². The van der Waals surface area contributed by atoms with Crippen LogP contribution in [0.15, 0.2) is 84.0 Å². The summed E-state index contributed by atoms with van der Waals surface area (Å²) in [6, 6.07) is 23.9. The molecule has 32 heavy (non-hydrogen) atoms. The molecule has 0 spiro atoms. The Balaban J connectivity index is 1.55. The number of hydrogen-bond donors (Lipinski definition) is 1. The van der Waals surface area contributed by atoms with E-state index in [2.05, 4.69) is 22.4 Å². The molecule has 0 aliphatic carbocycles. The number of nitrogens with one attached hydrogen (secondary N) is 1. The molecule has 3 aromatic carbocycles. The molecule has 1 heterocycles. The van der Waals surface area contributed by atoms with Gasteiger partial charge in [0.15, 0.2) is 11.0 Å². The topological polar surface area (TPSA) is 59.8 Å². The lowest BCUT2D eigenvalue weighted by Crippen LogP contribution is -2.16. The van der Waals surface area contributed by atoms with Gasteiger partial charge in [-0.2, -0.15) is 0 Å². The fraction of sp³-hybridized carbons (Fsp3) is 0.160. The van der Waals surface area contributed by atoms with Crippen molar-refractivity contribution in [2.24, 2.45) is 0 Å². The first-order chi connectivity index (χ1) is 15.6. The SMILES string of the molecule is CCc1ccccc1NC(=O)CSc1nnc(-c2ccc(F)cc2)n1Cc1ccccc1. The van der Waals surface area contributed by atoms with Gasteiger partial charge in [0.1, 0.15) is 5.82 Å². The first-order valence-corrected chi connectivity index (χ1v) is 11.4. The Labute approximate surface area is 190 Å². The average molecular weight is 447 g/mol. The van der Waals surface area contributed by atoms with Crippen LogP contribution in [0.5, 0.6) is 0 Å². The maximum absolute atomic E-state index is 13.4. The van der Waals surface area contributed by atoms with Gasteiger partial charge in [0.25, 0.3) is 0 Å². The van der Waals surface area contributed by atoms with Gasteiger partial charge >= 0.3 is 0 Å². The molecule has 0 bridgehead atoms. The van der Waals surface area contributed by atoms with Crippen LogP contribution in [0.3, 0.4) is 0 Å². The molecule has 0 saturated carbocycles. The summed E-state index contributed by atoms with van der Waals surface area (Å²) in [5.41, 5.74) is 3.77. The minimum Gasteiger partial charge on any atom is -0.325 e. The fourth-order valence-corrected chi connectivity index (χ4v) is 4.12. The molecule has 1 aromatic heterocycles. The first kappa shape index (κ1) is 21.8. The van der Waals surface area contributed by atoms with Crippen molar-refractivity contribution in [1.82, 2.24) is 14.8 Å². The highest BCUT2D eigenvalue weighted by atomic mass is 32.2. The zero-order valence-corrected chi connectivity index (χ0v) is 18.5. The van der Waals surface area contributed by atoms with Crippen LogP contribution in [0.25, 0.3) is 11.4 Å². The summed E-state index contributed by atoms with van der Waals surface area (Å²) in [5, 5.41) is 12.3. The zero-order chi connectivity index (χ0) is 22.3. The summed E-state index contributed by atoms with van der Waals surface area (Å²) in [4.78, 5) is 12.6. The van der Waals surface area contributed by atoms with Gasteiger partial charge in [0, 0.05) is 11.3 Å². The summed E-state index contributed by atoms with van der Waals surface area (Å²) in [5.74, 6) is 0.428. The van der Waals surface area contributed by atoms with Crippen molar-refractivity contribution in [3.63, 3.8) is 0 Å². The molecule has 0 atom stereocenters. The summed E-state index contributed by atoms with van der Waals surface area (Å²) < 4.78 is 15.4. The second-order valence-corrected chi connectivity index (χ2v) is 8.17. The smallest absolute Gasteiger partial charge is 0.234 e. The number of halogens is 1. The summed E-state index contributed by atoms with van der Waals surface area (Å²) in [7, 11) is 0. The van der Waals surface area contributed by atoms with E-state index in [1.165, 1.54) is 23.9 Å². The molecule has 0 saturated heterocycles. The van der Waals surface area contributed by atoms with E-state index in [9.17, 15) is 9.18 Å². The van der Waals surface area contributed by atoms with E-state index in [0.29, 0.717) is 17.5 Å². The third-order valence-electron chi connectivity index (χ3n) is 5.01. The molecule has 0 fully saturated rings. The number of rotatable bonds is 8. The van der Waals surface area contributed by atoms with Crippen LogP contribution in [0.2, 0.25) is 0 Å². The third kappa shape index (κ3) is 5.23. The Morgan fingerprint density at radius 2 is 1.69 bits per heavy atom. The minimum absolute atomic E-state index is 0.103. The van der Waals surface area contributed by atoms with E-state index in [0.717, 1.165) is 28.8 Å². The number of carbonyl (C=O) groups excluding carboxylic acids is 1. The summed E-state index contributed by atoms with van der Waals surface area (Å²) in [6.45, 7) is 2.60. The molecule has 0 aliphatic heterocycles. The Bertz CT molecular complexity index is 1190. The number of anilines is 1. The number of amides is 1. The third-order valence-corrected chi connectivity index (χ3v) is 5.97. The number of thioether (sulfide) groups is 1. The van der Waals surface area contributed by atoms with Gasteiger partial charge in [-0.05, 0) is 47.9 Å². The molecule has 162 valence electrons. The molecule has 0 unspecified atom stereocenters. The number of hydrogen-bond acceptors (Lipinski definition) is 4. The highest BCUT2D eigenvalue weighted by Crippen LogP contribution is 2.26. The second-order valence-electron chi connectivity index (χ2n) is 7.23. The lowest BCUT2D eigenvalue weighted by atomic mass is 10.1. The lowest BCUT2D eigenvalue weighted by Gasteiger charge is -2.11. The van der Waals surface area contributed by atoms with E-state index < -0.39 is 0 Å². The molecule has 4 rings (SSSR count). The van der Waals surface area contributed by atoms with Crippen molar-refractivity contribution in [2.45, 2.75) is 25.0 Å². The Morgan fingerprint density at radius 1 is 0.969 bits per heavy atom. The predicted molar refractivity (Wildman–Crippen MR) is 126 cm³/mol. The molecule has 1 N–H and O–H groups in total. The van der Waals surface area contributed by atoms with E-state index >= 15 is 0 Å². The van der Waals surface area contributed by atoms with E-state index in [1.807, 2.05) is 59.2 Å². The molecule has 0 aliphatic rings. The Kier molecular flexibility index (Phi) is 6.97.